The maximum atomic E-state index is 13.3. The molecule has 0 bridgehead atoms. The second-order valence-electron chi connectivity index (χ2n) is 9.49. The maximum Gasteiger partial charge on any atom is 0.252 e. The molecule has 5 nitrogen and oxygen atoms in total. The quantitative estimate of drug-likeness (QED) is 0.770. The highest BCUT2D eigenvalue weighted by Crippen LogP contribution is 2.25. The second kappa shape index (κ2) is 10.9. The number of aryl methyl sites for hydroxylation is 1. The van der Waals surface area contributed by atoms with Crippen LogP contribution in [0.5, 0.6) is 0 Å². The Kier molecular flexibility index (Phi) is 8.32. The molecule has 2 fully saturated rings. The van der Waals surface area contributed by atoms with Crippen molar-refractivity contribution < 1.29 is 9.59 Å². The van der Waals surface area contributed by atoms with Crippen LogP contribution in [-0.4, -0.2) is 60.4 Å². The lowest BCUT2D eigenvalue weighted by molar-refractivity contribution is -0.134. The van der Waals surface area contributed by atoms with Crippen LogP contribution in [0.1, 0.15) is 68.3 Å². The Hall–Kier alpha value is -1.88. The average Bonchev–Trinajstić information content (AvgIpc) is 2.98. The molecule has 1 N–H and O–H groups in total. The normalized spacial score (nSPS) is 20.1. The molecular weight excluding hydrogens is 374 g/mol. The van der Waals surface area contributed by atoms with E-state index in [0.29, 0.717) is 5.56 Å². The Morgan fingerprint density at radius 3 is 2.43 bits per heavy atom. The van der Waals surface area contributed by atoms with Crippen molar-refractivity contribution in [3.63, 3.8) is 0 Å². The smallest absolute Gasteiger partial charge is 0.252 e. The van der Waals surface area contributed by atoms with Crippen LogP contribution in [0.2, 0.25) is 0 Å². The number of carbonyl (C=O) groups is 2. The molecule has 1 saturated carbocycles. The van der Waals surface area contributed by atoms with Gasteiger partial charge >= 0.3 is 0 Å². The van der Waals surface area contributed by atoms with Crippen molar-refractivity contribution >= 4 is 11.8 Å². The number of rotatable bonds is 6. The van der Waals surface area contributed by atoms with Crippen LogP contribution >= 0.6 is 0 Å². The molecule has 166 valence electrons. The SMILES string of the molecule is Cc1ccccc1C(=O)N[C@H](C(=O)N1CCCN(CC2CCCCC2)CC1)C(C)C. The molecule has 30 heavy (non-hydrogen) atoms. The van der Waals surface area contributed by atoms with Crippen molar-refractivity contribution in [2.75, 3.05) is 32.7 Å². The van der Waals surface area contributed by atoms with Crippen molar-refractivity contribution in [3.05, 3.63) is 35.4 Å². The molecule has 0 spiro atoms. The van der Waals surface area contributed by atoms with Crippen molar-refractivity contribution in [1.29, 1.82) is 0 Å². The molecule has 0 radical (unpaired) electrons. The van der Waals surface area contributed by atoms with Crippen LogP contribution in [0.15, 0.2) is 24.3 Å². The van der Waals surface area contributed by atoms with Gasteiger partial charge in [0.2, 0.25) is 5.91 Å². The molecule has 1 atom stereocenters. The zero-order valence-electron chi connectivity index (χ0n) is 19.0. The molecule has 0 aromatic heterocycles. The summed E-state index contributed by atoms with van der Waals surface area (Å²) in [6, 6.07) is 7.05. The van der Waals surface area contributed by atoms with Gasteiger partial charge in [-0.3, -0.25) is 9.59 Å². The standard InChI is InChI=1S/C25H39N3O2/c1-19(2)23(26-24(29)22-13-8-7-10-20(22)3)25(30)28-15-9-14-27(16-17-28)18-21-11-5-4-6-12-21/h7-8,10,13,19,21,23H,4-6,9,11-12,14-18H2,1-3H3,(H,26,29)/t23-/m0/s1. The molecule has 1 aliphatic heterocycles. The third-order valence-electron chi connectivity index (χ3n) is 6.75. The summed E-state index contributed by atoms with van der Waals surface area (Å²) in [6.07, 6.45) is 7.87. The number of hydrogen-bond acceptors (Lipinski definition) is 3. The van der Waals surface area contributed by atoms with E-state index in [1.54, 1.807) is 0 Å². The second-order valence-corrected chi connectivity index (χ2v) is 9.49. The van der Waals surface area contributed by atoms with Gasteiger partial charge in [0.15, 0.2) is 0 Å². The summed E-state index contributed by atoms with van der Waals surface area (Å²) in [5, 5.41) is 3.02. The molecule has 2 aliphatic rings. The van der Waals surface area contributed by atoms with E-state index >= 15 is 0 Å². The Bertz CT molecular complexity index is 712. The molecule has 2 amide bonds. The van der Waals surface area contributed by atoms with Crippen molar-refractivity contribution in [1.82, 2.24) is 15.1 Å². The predicted octanol–water partition coefficient (Wildman–Crippen LogP) is 3.86. The van der Waals surface area contributed by atoms with Gasteiger partial charge in [0.05, 0.1) is 0 Å². The summed E-state index contributed by atoms with van der Waals surface area (Å²) >= 11 is 0. The fraction of sp³-hybridized carbons (Fsp3) is 0.680. The Labute approximate surface area is 182 Å². The van der Waals surface area contributed by atoms with E-state index < -0.39 is 6.04 Å². The van der Waals surface area contributed by atoms with E-state index in [9.17, 15) is 9.59 Å². The number of nitrogens with zero attached hydrogens (tertiary/aromatic N) is 2. The molecule has 1 aromatic rings. The third-order valence-corrected chi connectivity index (χ3v) is 6.75. The van der Waals surface area contributed by atoms with Gasteiger partial charge in [0.25, 0.3) is 5.91 Å². The molecule has 1 aromatic carbocycles. The van der Waals surface area contributed by atoms with Gasteiger partial charge in [0.1, 0.15) is 6.04 Å². The molecular formula is C25H39N3O2. The fourth-order valence-electron chi connectivity index (χ4n) is 4.87. The first kappa shape index (κ1) is 22.8. The number of benzene rings is 1. The van der Waals surface area contributed by atoms with Crippen molar-refractivity contribution in [2.24, 2.45) is 11.8 Å². The number of carbonyl (C=O) groups excluding carboxylic acids is 2. The van der Waals surface area contributed by atoms with Gasteiger partial charge in [-0.15, -0.1) is 0 Å². The highest BCUT2D eigenvalue weighted by Gasteiger charge is 2.30. The largest absolute Gasteiger partial charge is 0.340 e. The van der Waals surface area contributed by atoms with Gasteiger partial charge in [-0.1, -0.05) is 51.3 Å². The molecule has 1 saturated heterocycles. The molecule has 1 heterocycles. The van der Waals surface area contributed by atoms with E-state index in [2.05, 4.69) is 10.2 Å². The fourth-order valence-corrected chi connectivity index (χ4v) is 4.87. The van der Waals surface area contributed by atoms with E-state index in [4.69, 9.17) is 0 Å². The summed E-state index contributed by atoms with van der Waals surface area (Å²) in [5.74, 6) is 0.783. The first-order chi connectivity index (χ1) is 14.5. The lowest BCUT2D eigenvalue weighted by Crippen LogP contribution is -2.52. The topological polar surface area (TPSA) is 52.7 Å². The van der Waals surface area contributed by atoms with Gasteiger partial charge in [-0.05, 0) is 56.2 Å². The van der Waals surface area contributed by atoms with Gasteiger partial charge < -0.3 is 15.1 Å². The third kappa shape index (κ3) is 6.07. The van der Waals surface area contributed by atoms with Crippen molar-refractivity contribution in [3.8, 4) is 0 Å². The van der Waals surface area contributed by atoms with Crippen molar-refractivity contribution in [2.45, 2.75) is 65.3 Å². The van der Waals surface area contributed by atoms with Gasteiger partial charge in [-0.2, -0.15) is 0 Å². The highest BCUT2D eigenvalue weighted by molar-refractivity contribution is 5.98. The highest BCUT2D eigenvalue weighted by atomic mass is 16.2. The van der Waals surface area contributed by atoms with Gasteiger partial charge in [0, 0.05) is 31.7 Å². The summed E-state index contributed by atoms with van der Waals surface area (Å²) < 4.78 is 0. The van der Waals surface area contributed by atoms with E-state index in [1.165, 1.54) is 38.6 Å². The zero-order valence-corrected chi connectivity index (χ0v) is 19.0. The van der Waals surface area contributed by atoms with E-state index in [1.807, 2.05) is 49.9 Å². The van der Waals surface area contributed by atoms with Crippen LogP contribution < -0.4 is 5.32 Å². The zero-order chi connectivity index (χ0) is 21.5. The minimum atomic E-state index is -0.484. The molecule has 0 unspecified atom stereocenters. The predicted molar refractivity (Wildman–Crippen MR) is 121 cm³/mol. The minimum absolute atomic E-state index is 0.0482. The van der Waals surface area contributed by atoms with Crippen LogP contribution in [-0.2, 0) is 4.79 Å². The number of hydrogen-bond donors (Lipinski definition) is 1. The molecule has 1 aliphatic carbocycles. The number of amides is 2. The molecule has 5 heteroatoms. The lowest BCUT2D eigenvalue weighted by Gasteiger charge is -2.30. The molecule has 3 rings (SSSR count). The summed E-state index contributed by atoms with van der Waals surface area (Å²) in [7, 11) is 0. The Morgan fingerprint density at radius 2 is 1.73 bits per heavy atom. The van der Waals surface area contributed by atoms with E-state index in [0.717, 1.165) is 44.1 Å². The summed E-state index contributed by atoms with van der Waals surface area (Å²) in [6.45, 7) is 10.7. The minimum Gasteiger partial charge on any atom is -0.340 e. The first-order valence-corrected chi connectivity index (χ1v) is 11.8. The lowest BCUT2D eigenvalue weighted by atomic mass is 9.89. The van der Waals surface area contributed by atoms with E-state index in [-0.39, 0.29) is 17.7 Å². The van der Waals surface area contributed by atoms with Crippen LogP contribution in [0, 0.1) is 18.8 Å². The Balaban J connectivity index is 1.58. The number of nitrogens with one attached hydrogen (secondary N) is 1. The van der Waals surface area contributed by atoms with Crippen LogP contribution in [0.25, 0.3) is 0 Å². The Morgan fingerprint density at radius 1 is 1.00 bits per heavy atom. The monoisotopic (exact) mass is 413 g/mol. The summed E-state index contributed by atoms with van der Waals surface area (Å²) in [5.41, 5.74) is 1.57. The first-order valence-electron chi connectivity index (χ1n) is 11.8. The van der Waals surface area contributed by atoms with Gasteiger partial charge in [-0.25, -0.2) is 0 Å². The summed E-state index contributed by atoms with van der Waals surface area (Å²) in [4.78, 5) is 30.7. The average molecular weight is 414 g/mol. The maximum absolute atomic E-state index is 13.3. The van der Waals surface area contributed by atoms with Crippen LogP contribution in [0.4, 0.5) is 0 Å². The van der Waals surface area contributed by atoms with Crippen LogP contribution in [0.3, 0.4) is 0 Å².